The van der Waals surface area contributed by atoms with E-state index in [0.717, 1.165) is 24.3 Å². The highest BCUT2D eigenvalue weighted by molar-refractivity contribution is 7.07. The molecule has 0 atom stereocenters. The van der Waals surface area contributed by atoms with E-state index in [4.69, 9.17) is 5.73 Å². The van der Waals surface area contributed by atoms with Gasteiger partial charge in [-0.2, -0.15) is 0 Å². The van der Waals surface area contributed by atoms with Crippen LogP contribution in [0.3, 0.4) is 0 Å². The summed E-state index contributed by atoms with van der Waals surface area (Å²) in [4.78, 5) is 6.54. The Morgan fingerprint density at radius 3 is 2.68 bits per heavy atom. The first-order valence-electron chi connectivity index (χ1n) is 6.11. The molecule has 2 aromatic rings. The minimum Gasteiger partial charge on any atom is -0.320 e. The fourth-order valence-electron chi connectivity index (χ4n) is 1.81. The summed E-state index contributed by atoms with van der Waals surface area (Å²) in [5, 5.41) is 2.09. The van der Waals surface area contributed by atoms with E-state index in [1.54, 1.807) is 11.3 Å². The van der Waals surface area contributed by atoms with E-state index in [1.807, 2.05) is 17.6 Å². The molecule has 0 saturated heterocycles. The van der Waals surface area contributed by atoms with E-state index in [2.05, 4.69) is 46.3 Å². The molecule has 1 aromatic heterocycles. The first-order valence-corrected chi connectivity index (χ1v) is 7.05. The van der Waals surface area contributed by atoms with E-state index in [0.29, 0.717) is 6.54 Å². The molecular weight excluding hydrogens is 254 g/mol. The first kappa shape index (κ1) is 13.8. The highest BCUT2D eigenvalue weighted by atomic mass is 32.1. The van der Waals surface area contributed by atoms with Gasteiger partial charge in [0.15, 0.2) is 0 Å². The van der Waals surface area contributed by atoms with Crippen molar-refractivity contribution in [2.45, 2.75) is 13.1 Å². The molecule has 0 aliphatic carbocycles. The zero-order chi connectivity index (χ0) is 13.5. The van der Waals surface area contributed by atoms with Gasteiger partial charge in [-0.05, 0) is 24.7 Å². The second-order valence-electron chi connectivity index (χ2n) is 4.35. The SMILES string of the molecule is CN(Cc1ccc(C#CCN)cc1)Cc1cscn1. The summed E-state index contributed by atoms with van der Waals surface area (Å²) >= 11 is 1.63. The predicted octanol–water partition coefficient (Wildman–Crippen LogP) is 2.09. The Kier molecular flexibility index (Phi) is 5.10. The molecule has 98 valence electrons. The molecule has 0 aliphatic rings. The number of aromatic nitrogens is 1. The third kappa shape index (κ3) is 4.49. The molecule has 3 nitrogen and oxygen atoms in total. The first-order chi connectivity index (χ1) is 9.28. The molecule has 0 aliphatic heterocycles. The van der Waals surface area contributed by atoms with E-state index in [9.17, 15) is 0 Å². The molecule has 1 heterocycles. The predicted molar refractivity (Wildman–Crippen MR) is 79.7 cm³/mol. The molecule has 2 rings (SSSR count). The monoisotopic (exact) mass is 271 g/mol. The van der Waals surface area contributed by atoms with Crippen molar-refractivity contribution in [1.29, 1.82) is 0 Å². The fraction of sp³-hybridized carbons (Fsp3) is 0.267. The second-order valence-corrected chi connectivity index (χ2v) is 5.07. The van der Waals surface area contributed by atoms with Gasteiger partial charge < -0.3 is 5.73 Å². The quantitative estimate of drug-likeness (QED) is 0.866. The Morgan fingerprint density at radius 1 is 1.26 bits per heavy atom. The van der Waals surface area contributed by atoms with Gasteiger partial charge in [-0.15, -0.1) is 11.3 Å². The van der Waals surface area contributed by atoms with Gasteiger partial charge in [0.2, 0.25) is 0 Å². The third-order valence-electron chi connectivity index (χ3n) is 2.66. The zero-order valence-corrected chi connectivity index (χ0v) is 11.8. The Bertz CT molecular complexity index is 549. The van der Waals surface area contributed by atoms with Crippen LogP contribution in [0.1, 0.15) is 16.8 Å². The number of thiazole rings is 1. The largest absolute Gasteiger partial charge is 0.320 e. The Morgan fingerprint density at radius 2 is 2.05 bits per heavy atom. The van der Waals surface area contributed by atoms with Crippen LogP contribution in [0.15, 0.2) is 35.2 Å². The molecular formula is C15H17N3S. The van der Waals surface area contributed by atoms with E-state index < -0.39 is 0 Å². The smallest absolute Gasteiger partial charge is 0.0795 e. The van der Waals surface area contributed by atoms with E-state index in [1.165, 1.54) is 5.56 Å². The summed E-state index contributed by atoms with van der Waals surface area (Å²) in [7, 11) is 2.10. The van der Waals surface area contributed by atoms with Gasteiger partial charge in [0.25, 0.3) is 0 Å². The molecule has 0 saturated carbocycles. The van der Waals surface area contributed by atoms with Crippen LogP contribution in [0.2, 0.25) is 0 Å². The lowest BCUT2D eigenvalue weighted by atomic mass is 10.1. The summed E-state index contributed by atoms with van der Waals surface area (Å²) in [6.45, 7) is 2.18. The molecule has 4 heteroatoms. The molecule has 0 spiro atoms. The van der Waals surface area contributed by atoms with Crippen molar-refractivity contribution >= 4 is 11.3 Å². The number of hydrogen-bond acceptors (Lipinski definition) is 4. The van der Waals surface area contributed by atoms with Gasteiger partial charge in [-0.3, -0.25) is 4.90 Å². The van der Waals surface area contributed by atoms with Gasteiger partial charge in [0.1, 0.15) is 0 Å². The van der Waals surface area contributed by atoms with Crippen LogP contribution < -0.4 is 5.73 Å². The normalized spacial score (nSPS) is 10.3. The average molecular weight is 271 g/mol. The van der Waals surface area contributed by atoms with Crippen molar-refractivity contribution in [3.8, 4) is 11.8 Å². The summed E-state index contributed by atoms with van der Waals surface area (Å²) in [5.74, 6) is 5.88. The van der Waals surface area contributed by atoms with Crippen LogP contribution in [0.5, 0.6) is 0 Å². The zero-order valence-electron chi connectivity index (χ0n) is 11.0. The van der Waals surface area contributed by atoms with Crippen molar-refractivity contribution in [2.75, 3.05) is 13.6 Å². The lowest BCUT2D eigenvalue weighted by Crippen LogP contribution is -2.17. The van der Waals surface area contributed by atoms with Crippen molar-refractivity contribution in [1.82, 2.24) is 9.88 Å². The lowest BCUT2D eigenvalue weighted by Gasteiger charge is -2.15. The minimum absolute atomic E-state index is 0.401. The van der Waals surface area contributed by atoms with Crippen molar-refractivity contribution in [2.24, 2.45) is 5.73 Å². The molecule has 0 unspecified atom stereocenters. The van der Waals surface area contributed by atoms with Crippen LogP contribution in [0.4, 0.5) is 0 Å². The van der Waals surface area contributed by atoms with Gasteiger partial charge >= 0.3 is 0 Å². The van der Waals surface area contributed by atoms with Gasteiger partial charge in [-0.25, -0.2) is 4.98 Å². The molecule has 0 amide bonds. The number of hydrogen-bond donors (Lipinski definition) is 1. The third-order valence-corrected chi connectivity index (χ3v) is 3.29. The summed E-state index contributed by atoms with van der Waals surface area (Å²) in [6.07, 6.45) is 0. The van der Waals surface area contributed by atoms with Crippen LogP contribution in [0, 0.1) is 11.8 Å². The van der Waals surface area contributed by atoms with Crippen molar-refractivity contribution in [3.63, 3.8) is 0 Å². The van der Waals surface area contributed by atoms with E-state index >= 15 is 0 Å². The Hall–Kier alpha value is -1.67. The minimum atomic E-state index is 0.401. The maximum Gasteiger partial charge on any atom is 0.0795 e. The summed E-state index contributed by atoms with van der Waals surface area (Å²) in [5.41, 5.74) is 10.6. The van der Waals surface area contributed by atoms with Crippen LogP contribution in [-0.4, -0.2) is 23.5 Å². The van der Waals surface area contributed by atoms with Crippen LogP contribution >= 0.6 is 11.3 Å². The Balaban J connectivity index is 1.92. The van der Waals surface area contributed by atoms with Crippen LogP contribution in [-0.2, 0) is 13.1 Å². The maximum absolute atomic E-state index is 5.35. The highest BCUT2D eigenvalue weighted by Gasteiger charge is 2.03. The average Bonchev–Trinajstić information content (AvgIpc) is 2.90. The number of rotatable bonds is 4. The molecule has 0 fully saturated rings. The number of nitrogens with two attached hydrogens (primary N) is 1. The molecule has 19 heavy (non-hydrogen) atoms. The van der Waals surface area contributed by atoms with Crippen LogP contribution in [0.25, 0.3) is 0 Å². The Labute approximate surface area is 118 Å². The number of benzene rings is 1. The number of nitrogens with zero attached hydrogens (tertiary/aromatic N) is 2. The van der Waals surface area contributed by atoms with Gasteiger partial charge in [0, 0.05) is 24.0 Å². The molecule has 0 radical (unpaired) electrons. The van der Waals surface area contributed by atoms with E-state index in [-0.39, 0.29) is 0 Å². The van der Waals surface area contributed by atoms with Crippen molar-refractivity contribution in [3.05, 3.63) is 52.0 Å². The van der Waals surface area contributed by atoms with Gasteiger partial charge in [-0.1, -0.05) is 24.0 Å². The lowest BCUT2D eigenvalue weighted by molar-refractivity contribution is 0.316. The molecule has 1 aromatic carbocycles. The topological polar surface area (TPSA) is 42.1 Å². The maximum atomic E-state index is 5.35. The molecule has 0 bridgehead atoms. The summed E-state index contributed by atoms with van der Waals surface area (Å²) in [6, 6.07) is 8.29. The fourth-order valence-corrected chi connectivity index (χ4v) is 2.36. The standard InChI is InChI=1S/C15H17N3S/c1-18(10-15-11-19-12-17-15)9-14-6-4-13(5-7-14)3-2-8-16/h4-7,11-12H,8-10,16H2,1H3. The second kappa shape index (κ2) is 7.05. The summed E-state index contributed by atoms with van der Waals surface area (Å²) < 4.78 is 0. The van der Waals surface area contributed by atoms with Gasteiger partial charge in [0.05, 0.1) is 17.7 Å². The van der Waals surface area contributed by atoms with Crippen molar-refractivity contribution < 1.29 is 0 Å². The molecule has 2 N–H and O–H groups in total. The highest BCUT2D eigenvalue weighted by Crippen LogP contribution is 2.09.